The monoisotopic (exact) mass is 527 g/mol. The minimum absolute atomic E-state index is 0.620. The van der Waals surface area contributed by atoms with E-state index >= 15 is 0 Å². The molecule has 3 nitrogen and oxygen atoms in total. The highest BCUT2D eigenvalue weighted by Crippen LogP contribution is 2.40. The predicted molar refractivity (Wildman–Crippen MR) is 160 cm³/mol. The summed E-state index contributed by atoms with van der Waals surface area (Å²) in [6, 6.07) is 31.3. The summed E-state index contributed by atoms with van der Waals surface area (Å²) >= 11 is 8.55. The summed E-state index contributed by atoms with van der Waals surface area (Å²) in [4.78, 5) is 14.9. The van der Waals surface area contributed by atoms with E-state index in [-0.39, 0.29) is 0 Å². The van der Waals surface area contributed by atoms with E-state index in [0.29, 0.717) is 22.5 Å². The van der Waals surface area contributed by atoms with Crippen LogP contribution in [0.4, 0.5) is 0 Å². The lowest BCUT2D eigenvalue weighted by Gasteiger charge is -2.12. The number of benzene rings is 4. The van der Waals surface area contributed by atoms with Gasteiger partial charge < -0.3 is 0 Å². The van der Waals surface area contributed by atoms with Crippen LogP contribution in [-0.4, -0.2) is 15.0 Å². The molecule has 0 saturated carbocycles. The standard InChI is InChI=1S/C33H22ClN3S/c34-28-20-25(19-27-26-16-7-8-17-29(26)38-30(27)28)33-36-31(22-12-5-2-6-13-22)35-32(37-33)24-15-9-14-23(18-24)21-10-3-1-4-11-21/h1,3-5,7-20H,2,6H2. The number of nitrogens with zero attached hydrogens (tertiary/aromatic N) is 3. The Hall–Kier alpha value is -4.12. The van der Waals surface area contributed by atoms with Crippen LogP contribution in [0.3, 0.4) is 0 Å². The zero-order chi connectivity index (χ0) is 25.5. The Morgan fingerprint density at radius 3 is 2.18 bits per heavy atom. The fourth-order valence-electron chi connectivity index (χ4n) is 4.93. The molecule has 0 atom stereocenters. The van der Waals surface area contributed by atoms with E-state index < -0.39 is 0 Å². The van der Waals surface area contributed by atoms with Gasteiger partial charge in [-0.15, -0.1) is 11.3 Å². The summed E-state index contributed by atoms with van der Waals surface area (Å²) in [5.41, 5.74) is 5.13. The SMILES string of the molecule is Clc1cc(-c2nc(C3=CCCC=C3)nc(-c3cccc(-c4ccccc4)c3)n2)cc2c1sc1ccccc12. The van der Waals surface area contributed by atoms with Crippen molar-refractivity contribution in [3.8, 4) is 33.9 Å². The number of halogens is 1. The number of aromatic nitrogens is 3. The molecular weight excluding hydrogens is 506 g/mol. The number of allylic oxidation sites excluding steroid dienone is 4. The molecule has 0 saturated heterocycles. The van der Waals surface area contributed by atoms with Gasteiger partial charge in [0.05, 0.1) is 9.72 Å². The maximum Gasteiger partial charge on any atom is 0.164 e. The molecule has 5 heteroatoms. The van der Waals surface area contributed by atoms with Crippen LogP contribution >= 0.6 is 22.9 Å². The van der Waals surface area contributed by atoms with E-state index in [1.54, 1.807) is 11.3 Å². The fourth-order valence-corrected chi connectivity index (χ4v) is 6.35. The molecule has 2 aromatic heterocycles. The van der Waals surface area contributed by atoms with Crippen LogP contribution in [0.5, 0.6) is 0 Å². The number of hydrogen-bond acceptors (Lipinski definition) is 4. The third-order valence-electron chi connectivity index (χ3n) is 6.81. The molecular formula is C33H22ClN3S. The van der Waals surface area contributed by atoms with Crippen LogP contribution in [0, 0.1) is 0 Å². The van der Waals surface area contributed by atoms with Gasteiger partial charge >= 0.3 is 0 Å². The first kappa shape index (κ1) is 23.0. The zero-order valence-electron chi connectivity index (χ0n) is 20.4. The van der Waals surface area contributed by atoms with Crippen LogP contribution in [-0.2, 0) is 0 Å². The van der Waals surface area contributed by atoms with Crippen molar-refractivity contribution in [1.29, 1.82) is 0 Å². The molecule has 7 rings (SSSR count). The molecule has 182 valence electrons. The highest BCUT2D eigenvalue weighted by Gasteiger charge is 2.17. The molecule has 4 aromatic carbocycles. The molecule has 0 unspecified atom stereocenters. The van der Waals surface area contributed by atoms with Crippen molar-refractivity contribution in [2.24, 2.45) is 0 Å². The molecule has 2 heterocycles. The van der Waals surface area contributed by atoms with Gasteiger partial charge in [0.2, 0.25) is 0 Å². The Morgan fingerprint density at radius 2 is 1.34 bits per heavy atom. The van der Waals surface area contributed by atoms with Crippen molar-refractivity contribution in [2.45, 2.75) is 12.8 Å². The van der Waals surface area contributed by atoms with E-state index in [1.807, 2.05) is 12.1 Å². The minimum atomic E-state index is 0.620. The Kier molecular flexibility index (Phi) is 5.84. The number of rotatable bonds is 4. The molecule has 6 aromatic rings. The molecule has 0 spiro atoms. The van der Waals surface area contributed by atoms with Crippen molar-refractivity contribution in [3.63, 3.8) is 0 Å². The summed E-state index contributed by atoms with van der Waals surface area (Å²) in [7, 11) is 0. The van der Waals surface area contributed by atoms with Gasteiger partial charge in [0.15, 0.2) is 17.5 Å². The van der Waals surface area contributed by atoms with Gasteiger partial charge in [-0.2, -0.15) is 0 Å². The van der Waals surface area contributed by atoms with Crippen LogP contribution in [0.2, 0.25) is 5.02 Å². The van der Waals surface area contributed by atoms with Gasteiger partial charge in [0.1, 0.15) is 0 Å². The van der Waals surface area contributed by atoms with Gasteiger partial charge in [-0.25, -0.2) is 15.0 Å². The highest BCUT2D eigenvalue weighted by atomic mass is 35.5. The maximum absolute atomic E-state index is 6.83. The lowest BCUT2D eigenvalue weighted by atomic mass is 10.0. The second-order valence-electron chi connectivity index (χ2n) is 9.33. The molecule has 38 heavy (non-hydrogen) atoms. The maximum atomic E-state index is 6.83. The topological polar surface area (TPSA) is 38.7 Å². The lowest BCUT2D eigenvalue weighted by Crippen LogP contribution is -2.03. The number of hydrogen-bond donors (Lipinski definition) is 0. The van der Waals surface area contributed by atoms with Crippen molar-refractivity contribution in [1.82, 2.24) is 15.0 Å². The largest absolute Gasteiger partial charge is 0.208 e. The van der Waals surface area contributed by atoms with Gasteiger partial charge in [0, 0.05) is 32.2 Å². The summed E-state index contributed by atoms with van der Waals surface area (Å²) < 4.78 is 2.30. The molecule has 1 aliphatic rings. The summed E-state index contributed by atoms with van der Waals surface area (Å²) in [6.07, 6.45) is 8.49. The Balaban J connectivity index is 1.42. The minimum Gasteiger partial charge on any atom is -0.208 e. The van der Waals surface area contributed by atoms with Gasteiger partial charge in [-0.1, -0.05) is 96.6 Å². The third kappa shape index (κ3) is 4.22. The van der Waals surface area contributed by atoms with Gasteiger partial charge in [-0.3, -0.25) is 0 Å². The van der Waals surface area contributed by atoms with Crippen LogP contribution < -0.4 is 0 Å². The Morgan fingerprint density at radius 1 is 0.605 bits per heavy atom. The van der Waals surface area contributed by atoms with Crippen molar-refractivity contribution < 1.29 is 0 Å². The van der Waals surface area contributed by atoms with Gasteiger partial charge in [0.25, 0.3) is 0 Å². The quantitative estimate of drug-likeness (QED) is 0.229. The van der Waals surface area contributed by atoms with Crippen LogP contribution in [0.15, 0.2) is 109 Å². The van der Waals surface area contributed by atoms with Crippen LogP contribution in [0.1, 0.15) is 18.7 Å². The predicted octanol–water partition coefficient (Wildman–Crippen LogP) is 9.63. The Labute approximate surface area is 229 Å². The van der Waals surface area contributed by atoms with E-state index in [0.717, 1.165) is 50.8 Å². The van der Waals surface area contributed by atoms with Crippen molar-refractivity contribution in [3.05, 3.63) is 120 Å². The second-order valence-corrected chi connectivity index (χ2v) is 10.8. The average Bonchev–Trinajstić information content (AvgIpc) is 3.37. The third-order valence-corrected chi connectivity index (χ3v) is 8.44. The van der Waals surface area contributed by atoms with Crippen LogP contribution in [0.25, 0.3) is 59.6 Å². The lowest BCUT2D eigenvalue weighted by molar-refractivity contribution is 1.01. The summed E-state index contributed by atoms with van der Waals surface area (Å²) in [5.74, 6) is 1.94. The fraction of sp³-hybridized carbons (Fsp3) is 0.0606. The smallest absolute Gasteiger partial charge is 0.164 e. The summed E-state index contributed by atoms with van der Waals surface area (Å²) in [5, 5.41) is 3.03. The first-order valence-electron chi connectivity index (χ1n) is 12.6. The highest BCUT2D eigenvalue weighted by molar-refractivity contribution is 7.26. The van der Waals surface area contributed by atoms with E-state index in [2.05, 4.69) is 97.1 Å². The molecule has 0 aliphatic heterocycles. The van der Waals surface area contributed by atoms with Gasteiger partial charge in [-0.05, 0) is 48.2 Å². The number of fused-ring (bicyclic) bond motifs is 3. The Bertz CT molecular complexity index is 1890. The normalized spacial score (nSPS) is 13.2. The van der Waals surface area contributed by atoms with E-state index in [1.165, 1.54) is 10.1 Å². The molecule has 0 amide bonds. The first-order chi connectivity index (χ1) is 18.7. The average molecular weight is 528 g/mol. The molecule has 1 aliphatic carbocycles. The molecule has 0 bridgehead atoms. The second kappa shape index (κ2) is 9.64. The van der Waals surface area contributed by atoms with E-state index in [4.69, 9.17) is 26.6 Å². The zero-order valence-corrected chi connectivity index (χ0v) is 22.0. The molecule has 0 fully saturated rings. The summed E-state index contributed by atoms with van der Waals surface area (Å²) in [6.45, 7) is 0. The number of thiophene rings is 1. The molecule has 0 N–H and O–H groups in total. The van der Waals surface area contributed by atoms with Crippen molar-refractivity contribution in [2.75, 3.05) is 0 Å². The van der Waals surface area contributed by atoms with Crippen molar-refractivity contribution >= 4 is 48.7 Å². The van der Waals surface area contributed by atoms with E-state index in [9.17, 15) is 0 Å². The molecule has 0 radical (unpaired) electrons. The first-order valence-corrected chi connectivity index (χ1v) is 13.8.